The van der Waals surface area contributed by atoms with Crippen LogP contribution in [0.3, 0.4) is 0 Å². The van der Waals surface area contributed by atoms with Gasteiger partial charge in [-0.2, -0.15) is 0 Å². The highest BCUT2D eigenvalue weighted by atomic mass is 35.5. The molecule has 0 aliphatic carbocycles. The summed E-state index contributed by atoms with van der Waals surface area (Å²) in [4.78, 5) is 5.30. The van der Waals surface area contributed by atoms with Crippen molar-refractivity contribution in [1.29, 1.82) is 5.41 Å². The van der Waals surface area contributed by atoms with E-state index in [1.807, 2.05) is 30.3 Å². The third-order valence-corrected chi connectivity index (χ3v) is 2.26. The Bertz CT molecular complexity index is 377. The first-order chi connectivity index (χ1) is 7.65. The van der Waals surface area contributed by atoms with Crippen molar-refractivity contribution < 1.29 is 0 Å². The fourth-order valence-electron chi connectivity index (χ4n) is 1.36. The molecule has 5 N–H and O–H groups in total. The highest BCUT2D eigenvalue weighted by Gasteiger charge is 2.09. The van der Waals surface area contributed by atoms with Gasteiger partial charge in [-0.25, -0.2) is 0 Å². The molecular weight excluding hydrogens is 238 g/mol. The SMILES string of the molecule is CN=C(N)N(CCc1ccccc1)C(=N)N.Cl. The van der Waals surface area contributed by atoms with E-state index in [1.54, 1.807) is 7.05 Å². The Hall–Kier alpha value is -1.75. The maximum Gasteiger partial charge on any atom is 0.197 e. The molecule has 0 aromatic heterocycles. The minimum Gasteiger partial charge on any atom is -0.370 e. The Morgan fingerprint density at radius 2 is 1.88 bits per heavy atom. The second-order valence-electron chi connectivity index (χ2n) is 3.35. The molecule has 0 amide bonds. The van der Waals surface area contributed by atoms with Gasteiger partial charge in [-0.1, -0.05) is 30.3 Å². The number of nitrogens with two attached hydrogens (primary N) is 2. The molecule has 1 aromatic carbocycles. The lowest BCUT2D eigenvalue weighted by Gasteiger charge is -2.20. The molecule has 6 heteroatoms. The zero-order valence-electron chi connectivity index (χ0n) is 9.76. The number of aliphatic imine (C=N–C) groups is 1. The van der Waals surface area contributed by atoms with Crippen LogP contribution in [0.15, 0.2) is 35.3 Å². The number of nitrogens with one attached hydrogen (secondary N) is 1. The maximum absolute atomic E-state index is 7.39. The zero-order chi connectivity index (χ0) is 12.0. The normalized spacial score (nSPS) is 10.5. The van der Waals surface area contributed by atoms with E-state index in [9.17, 15) is 0 Å². The molecule has 0 saturated heterocycles. The number of nitrogens with zero attached hydrogens (tertiary/aromatic N) is 2. The minimum absolute atomic E-state index is 0. The first kappa shape index (κ1) is 15.2. The standard InChI is InChI=1S/C11H17N5.ClH/c1-15-11(14)16(10(12)13)8-7-9-5-3-2-4-6-9;/h2-6H,7-8H2,1H3,(H3,12,13)(H2,14,15);1H. The Labute approximate surface area is 107 Å². The molecule has 0 saturated carbocycles. The van der Waals surface area contributed by atoms with Crippen LogP contribution in [0.4, 0.5) is 0 Å². The number of benzene rings is 1. The van der Waals surface area contributed by atoms with Crippen molar-refractivity contribution in [3.63, 3.8) is 0 Å². The van der Waals surface area contributed by atoms with Gasteiger partial charge in [0.25, 0.3) is 0 Å². The van der Waals surface area contributed by atoms with Crippen molar-refractivity contribution in [3.8, 4) is 0 Å². The van der Waals surface area contributed by atoms with Gasteiger partial charge in [0.1, 0.15) is 0 Å². The van der Waals surface area contributed by atoms with Gasteiger partial charge in [0, 0.05) is 13.6 Å². The Morgan fingerprint density at radius 1 is 1.29 bits per heavy atom. The van der Waals surface area contributed by atoms with Crippen molar-refractivity contribution >= 4 is 24.3 Å². The maximum atomic E-state index is 7.39. The highest BCUT2D eigenvalue weighted by Crippen LogP contribution is 2.01. The predicted molar refractivity (Wildman–Crippen MR) is 73.6 cm³/mol. The molecule has 0 spiro atoms. The van der Waals surface area contributed by atoms with Crippen LogP contribution in [0, 0.1) is 5.41 Å². The molecule has 94 valence electrons. The van der Waals surface area contributed by atoms with Crippen LogP contribution >= 0.6 is 12.4 Å². The van der Waals surface area contributed by atoms with Crippen molar-refractivity contribution in [1.82, 2.24) is 4.90 Å². The van der Waals surface area contributed by atoms with Gasteiger partial charge >= 0.3 is 0 Å². The van der Waals surface area contributed by atoms with E-state index in [2.05, 4.69) is 4.99 Å². The summed E-state index contributed by atoms with van der Waals surface area (Å²) >= 11 is 0. The van der Waals surface area contributed by atoms with E-state index in [4.69, 9.17) is 16.9 Å². The lowest BCUT2D eigenvalue weighted by Crippen LogP contribution is -2.46. The summed E-state index contributed by atoms with van der Waals surface area (Å²) in [7, 11) is 1.58. The average molecular weight is 256 g/mol. The Kier molecular flexibility index (Phi) is 6.74. The van der Waals surface area contributed by atoms with Crippen molar-refractivity contribution in [2.24, 2.45) is 16.5 Å². The van der Waals surface area contributed by atoms with E-state index in [0.717, 1.165) is 6.42 Å². The molecule has 0 atom stereocenters. The second-order valence-corrected chi connectivity index (χ2v) is 3.35. The zero-order valence-corrected chi connectivity index (χ0v) is 10.6. The summed E-state index contributed by atoms with van der Waals surface area (Å²) in [6.07, 6.45) is 0.774. The van der Waals surface area contributed by atoms with Crippen molar-refractivity contribution in [2.45, 2.75) is 6.42 Å². The number of hydrogen-bond donors (Lipinski definition) is 3. The quantitative estimate of drug-likeness (QED) is 0.551. The lowest BCUT2D eigenvalue weighted by atomic mass is 10.1. The van der Waals surface area contributed by atoms with E-state index >= 15 is 0 Å². The largest absolute Gasteiger partial charge is 0.370 e. The van der Waals surface area contributed by atoms with Crippen molar-refractivity contribution in [2.75, 3.05) is 13.6 Å². The molecule has 0 aliphatic rings. The monoisotopic (exact) mass is 255 g/mol. The molecule has 1 aromatic rings. The van der Waals surface area contributed by atoms with Gasteiger partial charge in [-0.05, 0) is 12.0 Å². The molecule has 17 heavy (non-hydrogen) atoms. The molecule has 5 nitrogen and oxygen atoms in total. The van der Waals surface area contributed by atoms with Crippen LogP contribution in [0.25, 0.3) is 0 Å². The molecule has 0 radical (unpaired) electrons. The minimum atomic E-state index is -0.0842. The Morgan fingerprint density at radius 3 is 2.35 bits per heavy atom. The van der Waals surface area contributed by atoms with Gasteiger partial charge in [0.15, 0.2) is 11.9 Å². The van der Waals surface area contributed by atoms with Gasteiger partial charge in [-0.15, -0.1) is 12.4 Å². The van der Waals surface area contributed by atoms with Crippen LogP contribution in [-0.4, -0.2) is 30.4 Å². The first-order valence-corrected chi connectivity index (χ1v) is 5.03. The summed E-state index contributed by atoms with van der Waals surface area (Å²) in [6, 6.07) is 9.97. The molecule has 0 heterocycles. The summed E-state index contributed by atoms with van der Waals surface area (Å²) < 4.78 is 0. The average Bonchev–Trinajstić information content (AvgIpc) is 2.30. The number of hydrogen-bond acceptors (Lipinski definition) is 2. The molecule has 0 unspecified atom stereocenters. The topological polar surface area (TPSA) is 91.5 Å². The fraction of sp³-hybridized carbons (Fsp3) is 0.273. The molecule has 0 fully saturated rings. The predicted octanol–water partition coefficient (Wildman–Crippen LogP) is 0.791. The Balaban J connectivity index is 0.00000256. The fourth-order valence-corrected chi connectivity index (χ4v) is 1.36. The number of guanidine groups is 2. The lowest BCUT2D eigenvalue weighted by molar-refractivity contribution is 0.587. The van der Waals surface area contributed by atoms with Crippen LogP contribution in [-0.2, 0) is 6.42 Å². The summed E-state index contributed by atoms with van der Waals surface area (Å²) in [5.74, 6) is 0.183. The molecular formula is C11H18ClN5. The molecule has 0 bridgehead atoms. The number of rotatable bonds is 3. The smallest absolute Gasteiger partial charge is 0.197 e. The van der Waals surface area contributed by atoms with E-state index in [-0.39, 0.29) is 24.3 Å². The summed E-state index contributed by atoms with van der Waals surface area (Å²) in [5, 5.41) is 7.39. The number of halogens is 1. The van der Waals surface area contributed by atoms with Crippen LogP contribution in [0.1, 0.15) is 5.56 Å². The van der Waals surface area contributed by atoms with E-state index < -0.39 is 0 Å². The van der Waals surface area contributed by atoms with E-state index in [0.29, 0.717) is 6.54 Å². The first-order valence-electron chi connectivity index (χ1n) is 5.03. The molecule has 1 rings (SSSR count). The van der Waals surface area contributed by atoms with Gasteiger partial charge in [0.2, 0.25) is 0 Å². The third kappa shape index (κ3) is 4.74. The van der Waals surface area contributed by atoms with Crippen LogP contribution in [0.2, 0.25) is 0 Å². The van der Waals surface area contributed by atoms with Gasteiger partial charge in [-0.3, -0.25) is 15.3 Å². The summed E-state index contributed by atoms with van der Waals surface area (Å²) in [6.45, 7) is 0.558. The summed E-state index contributed by atoms with van der Waals surface area (Å²) in [5.41, 5.74) is 12.2. The third-order valence-electron chi connectivity index (χ3n) is 2.26. The highest BCUT2D eigenvalue weighted by molar-refractivity contribution is 5.95. The van der Waals surface area contributed by atoms with Crippen LogP contribution in [0.5, 0.6) is 0 Å². The van der Waals surface area contributed by atoms with E-state index in [1.165, 1.54) is 10.5 Å². The second kappa shape index (κ2) is 7.51. The molecule has 0 aliphatic heterocycles. The van der Waals surface area contributed by atoms with Crippen molar-refractivity contribution in [3.05, 3.63) is 35.9 Å². The van der Waals surface area contributed by atoms with Crippen LogP contribution < -0.4 is 11.5 Å². The van der Waals surface area contributed by atoms with Gasteiger partial charge in [0.05, 0.1) is 0 Å². The van der Waals surface area contributed by atoms with Gasteiger partial charge < -0.3 is 11.5 Å².